The zero-order chi connectivity index (χ0) is 22.7. The number of rotatable bonds is 4. The average Bonchev–Trinajstić information content (AvgIpc) is 3.39. The Labute approximate surface area is 191 Å². The van der Waals surface area contributed by atoms with Crippen molar-refractivity contribution in [1.82, 2.24) is 0 Å². The second-order valence-electron chi connectivity index (χ2n) is 8.05. The summed E-state index contributed by atoms with van der Waals surface area (Å²) in [4.78, 5) is 40.4. The van der Waals surface area contributed by atoms with E-state index in [4.69, 9.17) is 9.47 Å². The minimum absolute atomic E-state index is 0.199. The first-order valence-corrected chi connectivity index (χ1v) is 10.7. The Morgan fingerprint density at radius 1 is 1.00 bits per heavy atom. The van der Waals surface area contributed by atoms with Crippen molar-refractivity contribution in [3.63, 3.8) is 0 Å². The van der Waals surface area contributed by atoms with Crippen LogP contribution in [0.1, 0.15) is 28.8 Å². The molecule has 1 fully saturated rings. The summed E-state index contributed by atoms with van der Waals surface area (Å²) in [7, 11) is 0. The Balaban J connectivity index is 1.62. The van der Waals surface area contributed by atoms with E-state index in [1.807, 2.05) is 0 Å². The lowest BCUT2D eigenvalue weighted by Gasteiger charge is -2.22. The molecule has 0 unspecified atom stereocenters. The minimum atomic E-state index is -1.85. The van der Waals surface area contributed by atoms with Crippen molar-refractivity contribution in [1.29, 1.82) is 0 Å². The van der Waals surface area contributed by atoms with E-state index in [1.54, 1.807) is 55.5 Å². The van der Waals surface area contributed by atoms with Crippen LogP contribution in [0.2, 0.25) is 0 Å². The van der Waals surface area contributed by atoms with Crippen molar-refractivity contribution in [2.45, 2.75) is 12.8 Å². The number of carbonyl (C=O) groups excluding carboxylic acids is 3. The quantitative estimate of drug-likeness (QED) is 0.219. The van der Waals surface area contributed by atoms with Gasteiger partial charge in [-0.05, 0) is 61.5 Å². The molecule has 7 heteroatoms. The molecule has 1 heterocycles. The van der Waals surface area contributed by atoms with Crippen molar-refractivity contribution in [2.75, 3.05) is 0 Å². The smallest absolute Gasteiger partial charge is 0.330 e. The first-order valence-electron chi connectivity index (χ1n) is 9.89. The molecule has 3 atom stereocenters. The summed E-state index contributed by atoms with van der Waals surface area (Å²) in [6, 6.07) is 18.4. The average molecular weight is 495 g/mol. The predicted octanol–water partition coefficient (Wildman–Crippen LogP) is 5.09. The normalized spacial score (nSPS) is 25.2. The van der Waals surface area contributed by atoms with E-state index in [0.29, 0.717) is 11.3 Å². The third-order valence-corrected chi connectivity index (χ3v) is 6.95. The van der Waals surface area contributed by atoms with Crippen LogP contribution in [-0.4, -0.2) is 17.7 Å². The molecule has 5 rings (SSSR count). The molecule has 2 aliphatic rings. The highest BCUT2D eigenvalue weighted by Crippen LogP contribution is 2.78. The van der Waals surface area contributed by atoms with E-state index in [0.717, 1.165) is 4.47 Å². The number of para-hydroxylation sites is 1. The predicted molar refractivity (Wildman–Crippen MR) is 116 cm³/mol. The third kappa shape index (κ3) is 2.70. The van der Waals surface area contributed by atoms with Crippen molar-refractivity contribution in [3.8, 4) is 11.5 Å². The number of hydrogen-bond acceptors (Lipinski definition) is 5. The van der Waals surface area contributed by atoms with Gasteiger partial charge >= 0.3 is 11.9 Å². The number of carbonyl (C=O) groups is 3. The lowest BCUT2D eigenvalue weighted by molar-refractivity contribution is -0.156. The third-order valence-electron chi connectivity index (χ3n) is 6.43. The van der Waals surface area contributed by atoms with Gasteiger partial charge in [0.1, 0.15) is 17.3 Å². The molecule has 1 saturated carbocycles. The van der Waals surface area contributed by atoms with Gasteiger partial charge in [-0.2, -0.15) is 0 Å². The van der Waals surface area contributed by atoms with E-state index in [1.165, 1.54) is 24.3 Å². The monoisotopic (exact) mass is 494 g/mol. The van der Waals surface area contributed by atoms with Gasteiger partial charge in [-0.3, -0.25) is 14.4 Å². The Morgan fingerprint density at radius 3 is 2.34 bits per heavy atom. The number of ketones is 1. The largest absolute Gasteiger partial charge is 0.426 e. The first kappa shape index (κ1) is 20.6. The maximum absolute atomic E-state index is 13.6. The summed E-state index contributed by atoms with van der Waals surface area (Å²) in [5.41, 5.74) is -2.52. The summed E-state index contributed by atoms with van der Waals surface area (Å²) >= 11 is 3.32. The number of ether oxygens (including phenoxy) is 2. The molecule has 1 aliphatic heterocycles. The molecule has 0 aromatic heterocycles. The molecule has 0 bridgehead atoms. The van der Waals surface area contributed by atoms with Crippen LogP contribution in [0.15, 0.2) is 77.3 Å². The Hall–Kier alpha value is -3.32. The van der Waals surface area contributed by atoms with Gasteiger partial charge in [-0.25, -0.2) is 4.39 Å². The summed E-state index contributed by atoms with van der Waals surface area (Å²) in [6.07, 6.45) is 0. The Kier molecular flexibility index (Phi) is 4.57. The Morgan fingerprint density at radius 2 is 1.66 bits per heavy atom. The van der Waals surface area contributed by atoms with Gasteiger partial charge in [-0.15, -0.1) is 0 Å². The van der Waals surface area contributed by atoms with E-state index in [-0.39, 0.29) is 11.3 Å². The SMILES string of the molecule is C[C@@]1(C(=O)c2ccc(F)cc2)[C@@H]2c3ccccc3OC(=O)[C@@]21C(=O)Oc1ccc(Br)cc1. The fraction of sp³-hybridized carbons (Fsp3) is 0.160. The van der Waals surface area contributed by atoms with Crippen LogP contribution >= 0.6 is 15.9 Å². The van der Waals surface area contributed by atoms with Gasteiger partial charge in [0.05, 0.1) is 5.41 Å². The summed E-state index contributed by atoms with van der Waals surface area (Å²) in [5.74, 6) is -2.86. The van der Waals surface area contributed by atoms with Gasteiger partial charge in [0.15, 0.2) is 11.2 Å². The number of fused-ring (bicyclic) bond motifs is 3. The van der Waals surface area contributed by atoms with Crippen LogP contribution in [0.5, 0.6) is 11.5 Å². The first-order chi connectivity index (χ1) is 15.3. The summed E-state index contributed by atoms with van der Waals surface area (Å²) in [5, 5.41) is 0. The number of Topliss-reactive ketones (excluding diaryl/α,β-unsaturated/α-hetero) is 1. The van der Waals surface area contributed by atoms with Crippen LogP contribution < -0.4 is 9.47 Å². The molecular weight excluding hydrogens is 479 g/mol. The second kappa shape index (κ2) is 7.10. The summed E-state index contributed by atoms with van der Waals surface area (Å²) in [6.45, 7) is 1.57. The molecule has 5 nitrogen and oxygen atoms in total. The van der Waals surface area contributed by atoms with E-state index >= 15 is 0 Å². The second-order valence-corrected chi connectivity index (χ2v) is 8.97. The Bertz CT molecular complexity index is 1270. The highest BCUT2D eigenvalue weighted by molar-refractivity contribution is 9.10. The summed E-state index contributed by atoms with van der Waals surface area (Å²) < 4.78 is 25.3. The van der Waals surface area contributed by atoms with E-state index < -0.39 is 40.3 Å². The fourth-order valence-corrected chi connectivity index (χ4v) is 5.06. The van der Waals surface area contributed by atoms with Crippen molar-refractivity contribution in [3.05, 3.63) is 94.2 Å². The fourth-order valence-electron chi connectivity index (χ4n) is 4.80. The van der Waals surface area contributed by atoms with Gasteiger partial charge in [-0.1, -0.05) is 34.1 Å². The molecule has 1 aliphatic carbocycles. The molecule has 0 amide bonds. The standard InChI is InChI=1S/C25H16BrFO5/c1-24(21(28)14-6-10-16(27)11-7-14)20-18-4-2-3-5-19(18)32-23(30)25(20,24)22(29)31-17-12-8-15(26)9-13-17/h2-13,20H,1H3/t20-,24-,25-/m0/s1. The zero-order valence-corrected chi connectivity index (χ0v) is 18.4. The molecule has 0 radical (unpaired) electrons. The molecule has 32 heavy (non-hydrogen) atoms. The van der Waals surface area contributed by atoms with Crippen LogP contribution in [0.4, 0.5) is 4.39 Å². The highest BCUT2D eigenvalue weighted by atomic mass is 79.9. The highest BCUT2D eigenvalue weighted by Gasteiger charge is 2.89. The molecule has 3 aromatic carbocycles. The number of esters is 2. The van der Waals surface area contributed by atoms with Crippen molar-refractivity contribution < 1.29 is 28.2 Å². The molecular formula is C25H16BrFO5. The molecule has 0 N–H and O–H groups in total. The van der Waals surface area contributed by atoms with Gasteiger partial charge in [0.25, 0.3) is 0 Å². The molecule has 3 aromatic rings. The number of hydrogen-bond donors (Lipinski definition) is 0. The lowest BCUT2D eigenvalue weighted by atomic mass is 9.87. The van der Waals surface area contributed by atoms with E-state index in [9.17, 15) is 18.8 Å². The van der Waals surface area contributed by atoms with Crippen LogP contribution in [0.3, 0.4) is 0 Å². The van der Waals surface area contributed by atoms with E-state index in [2.05, 4.69) is 15.9 Å². The van der Waals surface area contributed by atoms with Gasteiger partial charge in [0.2, 0.25) is 0 Å². The number of halogens is 2. The maximum atomic E-state index is 13.6. The molecule has 0 saturated heterocycles. The minimum Gasteiger partial charge on any atom is -0.426 e. The van der Waals surface area contributed by atoms with Crippen molar-refractivity contribution in [2.24, 2.45) is 10.8 Å². The van der Waals surface area contributed by atoms with Crippen LogP contribution in [0.25, 0.3) is 0 Å². The molecule has 160 valence electrons. The topological polar surface area (TPSA) is 69.7 Å². The lowest BCUT2D eigenvalue weighted by Crippen LogP contribution is -2.41. The number of benzene rings is 3. The maximum Gasteiger partial charge on any atom is 0.330 e. The molecule has 0 spiro atoms. The van der Waals surface area contributed by atoms with Gasteiger partial charge in [0, 0.05) is 21.5 Å². The van der Waals surface area contributed by atoms with Crippen molar-refractivity contribution >= 4 is 33.7 Å². The van der Waals surface area contributed by atoms with Crippen LogP contribution in [0, 0.1) is 16.6 Å². The zero-order valence-electron chi connectivity index (χ0n) is 16.8. The van der Waals surface area contributed by atoms with Gasteiger partial charge < -0.3 is 9.47 Å². The van der Waals surface area contributed by atoms with Crippen LogP contribution in [-0.2, 0) is 9.59 Å².